The van der Waals surface area contributed by atoms with Gasteiger partial charge in [-0.25, -0.2) is 0 Å². The van der Waals surface area contributed by atoms with Crippen LogP contribution in [-0.4, -0.2) is 18.3 Å². The van der Waals surface area contributed by atoms with Gasteiger partial charge < -0.3 is 10.4 Å². The lowest BCUT2D eigenvalue weighted by molar-refractivity contribution is 0.282. The number of aliphatic hydroxyl groups is 1. The van der Waals surface area contributed by atoms with Crippen LogP contribution in [0.25, 0.3) is 0 Å². The van der Waals surface area contributed by atoms with Gasteiger partial charge in [-0.2, -0.15) is 0 Å². The van der Waals surface area contributed by atoms with Crippen LogP contribution in [0.5, 0.6) is 0 Å². The van der Waals surface area contributed by atoms with Crippen LogP contribution in [-0.2, 0) is 6.54 Å². The van der Waals surface area contributed by atoms with E-state index in [2.05, 4.69) is 5.32 Å². The fourth-order valence-electron chi connectivity index (χ4n) is 1.62. The Morgan fingerprint density at radius 1 is 1.06 bits per heavy atom. The Kier molecular flexibility index (Phi) is 7.62. The molecule has 0 atom stereocenters. The first-order chi connectivity index (χ1) is 8.24. The molecule has 0 aliphatic carbocycles. The number of hydrogen-bond acceptors (Lipinski definition) is 2. The highest BCUT2D eigenvalue weighted by molar-refractivity contribution is 6.33. The zero-order valence-electron chi connectivity index (χ0n) is 9.88. The van der Waals surface area contributed by atoms with Gasteiger partial charge in [-0.15, -0.1) is 0 Å². The summed E-state index contributed by atoms with van der Waals surface area (Å²) in [7, 11) is 0. The summed E-state index contributed by atoms with van der Waals surface area (Å²) in [5.41, 5.74) is 1.04. The van der Waals surface area contributed by atoms with Gasteiger partial charge >= 0.3 is 0 Å². The number of nitrogens with one attached hydrogen (secondary N) is 1. The Bertz CT molecular complexity index is 331. The normalized spacial score (nSPS) is 10.8. The van der Waals surface area contributed by atoms with Crippen molar-refractivity contribution in [1.82, 2.24) is 5.32 Å². The molecular formula is C13H19Cl2NO. The second-order valence-corrected chi connectivity index (χ2v) is 4.89. The molecule has 0 aliphatic heterocycles. The molecule has 2 nitrogen and oxygen atoms in total. The number of aliphatic hydroxyl groups excluding tert-OH is 1. The van der Waals surface area contributed by atoms with Crippen LogP contribution in [0.4, 0.5) is 0 Å². The average molecular weight is 276 g/mol. The molecule has 4 heteroatoms. The van der Waals surface area contributed by atoms with Crippen molar-refractivity contribution in [1.29, 1.82) is 0 Å². The minimum atomic E-state index is 0.297. The molecule has 1 rings (SSSR count). The first kappa shape index (κ1) is 14.8. The smallest absolute Gasteiger partial charge is 0.0451 e. The van der Waals surface area contributed by atoms with E-state index in [9.17, 15) is 0 Å². The van der Waals surface area contributed by atoms with Crippen LogP contribution in [0, 0.1) is 0 Å². The molecule has 0 heterocycles. The van der Waals surface area contributed by atoms with E-state index in [-0.39, 0.29) is 0 Å². The summed E-state index contributed by atoms with van der Waals surface area (Å²) in [5.74, 6) is 0. The molecule has 1 aromatic carbocycles. The van der Waals surface area contributed by atoms with E-state index in [0.717, 1.165) is 49.4 Å². The van der Waals surface area contributed by atoms with Gasteiger partial charge in [0.2, 0.25) is 0 Å². The number of halogens is 2. The van der Waals surface area contributed by atoms with Gasteiger partial charge in [0.15, 0.2) is 0 Å². The standard InChI is InChI=1S/C13H19Cl2NO/c14-12-5-6-13(15)11(9-12)10-16-7-3-1-2-4-8-17/h5-6,9,16-17H,1-4,7-8,10H2. The monoisotopic (exact) mass is 275 g/mol. The summed E-state index contributed by atoms with van der Waals surface area (Å²) in [4.78, 5) is 0. The van der Waals surface area contributed by atoms with Gasteiger partial charge in [0.25, 0.3) is 0 Å². The minimum Gasteiger partial charge on any atom is -0.396 e. The predicted octanol–water partition coefficient (Wildman–Crippen LogP) is 3.64. The molecule has 0 aromatic heterocycles. The molecule has 0 saturated heterocycles. The fourth-order valence-corrected chi connectivity index (χ4v) is 2.00. The molecule has 0 radical (unpaired) electrons. The summed E-state index contributed by atoms with van der Waals surface area (Å²) in [6, 6.07) is 5.51. The van der Waals surface area contributed by atoms with Gasteiger partial charge in [0.1, 0.15) is 0 Å². The van der Waals surface area contributed by atoms with Gasteiger partial charge in [-0.05, 0) is 43.1 Å². The molecule has 17 heavy (non-hydrogen) atoms. The topological polar surface area (TPSA) is 32.3 Å². The first-order valence-electron chi connectivity index (χ1n) is 5.99. The lowest BCUT2D eigenvalue weighted by Gasteiger charge is -2.07. The van der Waals surface area contributed by atoms with Crippen molar-refractivity contribution in [3.8, 4) is 0 Å². The highest BCUT2D eigenvalue weighted by Crippen LogP contribution is 2.20. The molecule has 0 aliphatic rings. The van der Waals surface area contributed by atoms with E-state index in [1.54, 1.807) is 6.07 Å². The van der Waals surface area contributed by atoms with Crippen LogP contribution in [0.15, 0.2) is 18.2 Å². The molecule has 0 amide bonds. The van der Waals surface area contributed by atoms with E-state index >= 15 is 0 Å². The summed E-state index contributed by atoms with van der Waals surface area (Å²) in [6.07, 6.45) is 4.27. The van der Waals surface area contributed by atoms with Crippen LogP contribution in [0.2, 0.25) is 10.0 Å². The molecular weight excluding hydrogens is 257 g/mol. The van der Waals surface area contributed by atoms with Crippen LogP contribution in [0.3, 0.4) is 0 Å². The Hall–Kier alpha value is -0.280. The van der Waals surface area contributed by atoms with E-state index in [1.165, 1.54) is 0 Å². The number of benzene rings is 1. The maximum Gasteiger partial charge on any atom is 0.0451 e. The van der Waals surface area contributed by atoms with Crippen LogP contribution < -0.4 is 5.32 Å². The largest absolute Gasteiger partial charge is 0.396 e. The molecule has 0 fully saturated rings. The Morgan fingerprint density at radius 2 is 1.82 bits per heavy atom. The third-order valence-electron chi connectivity index (χ3n) is 2.58. The lowest BCUT2D eigenvalue weighted by atomic mass is 10.2. The van der Waals surface area contributed by atoms with Crippen molar-refractivity contribution < 1.29 is 5.11 Å². The second kappa shape index (κ2) is 8.76. The Morgan fingerprint density at radius 3 is 2.59 bits per heavy atom. The average Bonchev–Trinajstić information content (AvgIpc) is 2.32. The van der Waals surface area contributed by atoms with Crippen LogP contribution in [0.1, 0.15) is 31.2 Å². The third-order valence-corrected chi connectivity index (χ3v) is 3.19. The lowest BCUT2D eigenvalue weighted by Crippen LogP contribution is -2.14. The minimum absolute atomic E-state index is 0.297. The molecule has 0 spiro atoms. The number of unbranched alkanes of at least 4 members (excludes halogenated alkanes) is 3. The van der Waals surface area contributed by atoms with Crippen molar-refractivity contribution in [3.63, 3.8) is 0 Å². The maximum absolute atomic E-state index is 8.63. The maximum atomic E-state index is 8.63. The second-order valence-electron chi connectivity index (χ2n) is 4.05. The molecule has 1 aromatic rings. The number of rotatable bonds is 8. The van der Waals surface area contributed by atoms with Crippen molar-refractivity contribution in [2.45, 2.75) is 32.2 Å². The quantitative estimate of drug-likeness (QED) is 0.710. The highest BCUT2D eigenvalue weighted by Gasteiger charge is 2.00. The SMILES string of the molecule is OCCCCCCNCc1cc(Cl)ccc1Cl. The molecule has 0 saturated carbocycles. The van der Waals surface area contributed by atoms with Crippen molar-refractivity contribution in [2.24, 2.45) is 0 Å². The molecule has 0 unspecified atom stereocenters. The van der Waals surface area contributed by atoms with Gasteiger partial charge in [0.05, 0.1) is 0 Å². The van der Waals surface area contributed by atoms with E-state index in [1.807, 2.05) is 12.1 Å². The van der Waals surface area contributed by atoms with Crippen molar-refractivity contribution in [3.05, 3.63) is 33.8 Å². The van der Waals surface area contributed by atoms with Gasteiger partial charge in [-0.3, -0.25) is 0 Å². The van der Waals surface area contributed by atoms with E-state index < -0.39 is 0 Å². The Balaban J connectivity index is 2.15. The zero-order valence-corrected chi connectivity index (χ0v) is 11.4. The summed E-state index contributed by atoms with van der Waals surface area (Å²) in [6.45, 7) is 2.01. The summed E-state index contributed by atoms with van der Waals surface area (Å²) in [5, 5.41) is 13.4. The van der Waals surface area contributed by atoms with Crippen molar-refractivity contribution in [2.75, 3.05) is 13.2 Å². The van der Waals surface area contributed by atoms with Gasteiger partial charge in [0, 0.05) is 23.2 Å². The molecule has 96 valence electrons. The molecule has 2 N–H and O–H groups in total. The predicted molar refractivity (Wildman–Crippen MR) is 73.7 cm³/mol. The fraction of sp³-hybridized carbons (Fsp3) is 0.538. The highest BCUT2D eigenvalue weighted by atomic mass is 35.5. The van der Waals surface area contributed by atoms with Crippen molar-refractivity contribution >= 4 is 23.2 Å². The Labute approximate surface area is 113 Å². The van der Waals surface area contributed by atoms with E-state index in [4.69, 9.17) is 28.3 Å². The zero-order chi connectivity index (χ0) is 12.5. The number of hydrogen-bond donors (Lipinski definition) is 2. The summed E-state index contributed by atoms with van der Waals surface area (Å²) < 4.78 is 0. The van der Waals surface area contributed by atoms with Crippen LogP contribution >= 0.6 is 23.2 Å². The summed E-state index contributed by atoms with van der Waals surface area (Å²) >= 11 is 12.0. The van der Waals surface area contributed by atoms with E-state index in [0.29, 0.717) is 11.6 Å². The first-order valence-corrected chi connectivity index (χ1v) is 6.75. The van der Waals surface area contributed by atoms with Gasteiger partial charge in [-0.1, -0.05) is 36.0 Å². The molecule has 0 bridgehead atoms. The third kappa shape index (κ3) is 6.27.